The van der Waals surface area contributed by atoms with Crippen LogP contribution in [0.3, 0.4) is 0 Å². The SMILES string of the molecule is O=C(CC1CC2CCC1C2)N1CCN(C(=O)c2ccc(F)c(F)c2)CC1. The lowest BCUT2D eigenvalue weighted by molar-refractivity contribution is -0.134. The van der Waals surface area contributed by atoms with Gasteiger partial charge in [0.25, 0.3) is 5.91 Å². The molecule has 1 saturated heterocycles. The molecule has 6 heteroatoms. The first-order valence-corrected chi connectivity index (χ1v) is 9.53. The predicted octanol–water partition coefficient (Wildman–Crippen LogP) is 3.08. The summed E-state index contributed by atoms with van der Waals surface area (Å²) >= 11 is 0. The van der Waals surface area contributed by atoms with Crippen molar-refractivity contribution in [1.82, 2.24) is 9.80 Å². The second-order valence-electron chi connectivity index (χ2n) is 7.94. The normalized spacial score (nSPS) is 27.8. The molecule has 4 rings (SSSR count). The van der Waals surface area contributed by atoms with Crippen LogP contribution in [0.5, 0.6) is 0 Å². The quantitative estimate of drug-likeness (QED) is 0.829. The molecule has 3 atom stereocenters. The molecule has 1 aromatic carbocycles. The zero-order chi connectivity index (χ0) is 18.3. The molecule has 1 aliphatic heterocycles. The Balaban J connectivity index is 1.30. The molecule has 0 N–H and O–H groups in total. The largest absolute Gasteiger partial charge is 0.339 e. The lowest BCUT2D eigenvalue weighted by Crippen LogP contribution is -2.51. The van der Waals surface area contributed by atoms with E-state index >= 15 is 0 Å². The highest BCUT2D eigenvalue weighted by atomic mass is 19.2. The molecule has 2 aliphatic carbocycles. The number of hydrogen-bond acceptors (Lipinski definition) is 2. The van der Waals surface area contributed by atoms with Gasteiger partial charge in [-0.3, -0.25) is 9.59 Å². The summed E-state index contributed by atoms with van der Waals surface area (Å²) in [4.78, 5) is 28.5. The first-order valence-electron chi connectivity index (χ1n) is 9.53. The average molecular weight is 362 g/mol. The van der Waals surface area contributed by atoms with Crippen molar-refractivity contribution in [2.75, 3.05) is 26.2 Å². The van der Waals surface area contributed by atoms with Crippen LogP contribution in [0.1, 0.15) is 42.5 Å². The lowest BCUT2D eigenvalue weighted by atomic mass is 9.86. The Bertz CT molecular complexity index is 716. The summed E-state index contributed by atoms with van der Waals surface area (Å²) in [6.07, 6.45) is 5.75. The first-order chi connectivity index (χ1) is 12.5. The van der Waals surface area contributed by atoms with Gasteiger partial charge >= 0.3 is 0 Å². The minimum atomic E-state index is -1.02. The van der Waals surface area contributed by atoms with Gasteiger partial charge in [-0.15, -0.1) is 0 Å². The van der Waals surface area contributed by atoms with Gasteiger partial charge in [-0.2, -0.15) is 0 Å². The minimum Gasteiger partial charge on any atom is -0.339 e. The number of rotatable bonds is 3. The fourth-order valence-electron chi connectivity index (χ4n) is 4.95. The zero-order valence-corrected chi connectivity index (χ0v) is 14.8. The van der Waals surface area contributed by atoms with Crippen LogP contribution in [0, 0.1) is 29.4 Å². The van der Waals surface area contributed by atoms with E-state index in [2.05, 4.69) is 0 Å². The third-order valence-corrected chi connectivity index (χ3v) is 6.41. The van der Waals surface area contributed by atoms with Crippen molar-refractivity contribution in [2.24, 2.45) is 17.8 Å². The number of fused-ring (bicyclic) bond motifs is 2. The monoisotopic (exact) mass is 362 g/mol. The maximum Gasteiger partial charge on any atom is 0.254 e. The molecular formula is C20H24F2N2O2. The molecular weight excluding hydrogens is 338 g/mol. The topological polar surface area (TPSA) is 40.6 Å². The third kappa shape index (κ3) is 3.33. The fraction of sp³-hybridized carbons (Fsp3) is 0.600. The maximum atomic E-state index is 13.3. The van der Waals surface area contributed by atoms with E-state index in [9.17, 15) is 18.4 Å². The van der Waals surface area contributed by atoms with Crippen LogP contribution >= 0.6 is 0 Å². The molecule has 3 unspecified atom stereocenters. The summed E-state index contributed by atoms with van der Waals surface area (Å²) in [6.45, 7) is 1.88. The van der Waals surface area contributed by atoms with Crippen LogP contribution in [0.15, 0.2) is 18.2 Å². The van der Waals surface area contributed by atoms with Crippen LogP contribution in [0.4, 0.5) is 8.78 Å². The smallest absolute Gasteiger partial charge is 0.254 e. The number of amides is 2. The van der Waals surface area contributed by atoms with Crippen molar-refractivity contribution in [3.05, 3.63) is 35.4 Å². The zero-order valence-electron chi connectivity index (χ0n) is 14.8. The van der Waals surface area contributed by atoms with E-state index in [4.69, 9.17) is 0 Å². The molecule has 3 fully saturated rings. The molecule has 26 heavy (non-hydrogen) atoms. The molecule has 1 heterocycles. The van der Waals surface area contributed by atoms with Gasteiger partial charge in [-0.25, -0.2) is 8.78 Å². The molecule has 1 aromatic rings. The number of carbonyl (C=O) groups excluding carboxylic acids is 2. The Labute approximate surface area is 152 Å². The second kappa shape index (κ2) is 6.97. The molecule has 4 nitrogen and oxygen atoms in total. The van der Waals surface area contributed by atoms with Crippen LogP contribution in [-0.2, 0) is 4.79 Å². The number of hydrogen-bond donors (Lipinski definition) is 0. The number of benzene rings is 1. The van der Waals surface area contributed by atoms with Gasteiger partial charge in [0, 0.05) is 38.2 Å². The van der Waals surface area contributed by atoms with Crippen LogP contribution < -0.4 is 0 Å². The van der Waals surface area contributed by atoms with Gasteiger partial charge in [-0.05, 0) is 55.2 Å². The Morgan fingerprint density at radius 2 is 1.69 bits per heavy atom. The van der Waals surface area contributed by atoms with Crippen molar-refractivity contribution in [3.8, 4) is 0 Å². The Morgan fingerprint density at radius 3 is 2.31 bits per heavy atom. The van der Waals surface area contributed by atoms with Crippen molar-refractivity contribution < 1.29 is 18.4 Å². The van der Waals surface area contributed by atoms with Gasteiger partial charge in [0.1, 0.15) is 0 Å². The summed E-state index contributed by atoms with van der Waals surface area (Å²) in [5, 5.41) is 0. The number of carbonyl (C=O) groups is 2. The molecule has 2 amide bonds. The van der Waals surface area contributed by atoms with Crippen molar-refractivity contribution >= 4 is 11.8 Å². The van der Waals surface area contributed by atoms with Crippen LogP contribution in [0.2, 0.25) is 0 Å². The van der Waals surface area contributed by atoms with Gasteiger partial charge in [0.15, 0.2) is 11.6 Å². The van der Waals surface area contributed by atoms with Crippen molar-refractivity contribution in [1.29, 1.82) is 0 Å². The Morgan fingerprint density at radius 1 is 0.962 bits per heavy atom. The highest BCUT2D eigenvalue weighted by Gasteiger charge is 2.40. The fourth-order valence-corrected chi connectivity index (χ4v) is 4.95. The molecule has 3 aliphatic rings. The minimum absolute atomic E-state index is 0.144. The van der Waals surface area contributed by atoms with Crippen molar-refractivity contribution in [2.45, 2.75) is 32.1 Å². The van der Waals surface area contributed by atoms with Gasteiger partial charge in [0.05, 0.1) is 0 Å². The van der Waals surface area contributed by atoms with Crippen LogP contribution in [0.25, 0.3) is 0 Å². The third-order valence-electron chi connectivity index (χ3n) is 6.41. The maximum absolute atomic E-state index is 13.3. The molecule has 0 radical (unpaired) electrons. The number of halogens is 2. The summed E-state index contributed by atoms with van der Waals surface area (Å²) < 4.78 is 26.4. The summed E-state index contributed by atoms with van der Waals surface area (Å²) in [5.41, 5.74) is 0.144. The van der Waals surface area contributed by atoms with E-state index in [0.717, 1.165) is 24.0 Å². The van der Waals surface area contributed by atoms with E-state index < -0.39 is 11.6 Å². The predicted molar refractivity (Wildman–Crippen MR) is 92.4 cm³/mol. The Hall–Kier alpha value is -1.98. The van der Waals surface area contributed by atoms with E-state index in [-0.39, 0.29) is 17.4 Å². The van der Waals surface area contributed by atoms with E-state index in [1.165, 1.54) is 31.7 Å². The van der Waals surface area contributed by atoms with E-state index in [1.807, 2.05) is 4.90 Å². The van der Waals surface area contributed by atoms with E-state index in [1.54, 1.807) is 4.90 Å². The first kappa shape index (κ1) is 17.4. The second-order valence-corrected chi connectivity index (χ2v) is 7.94. The average Bonchev–Trinajstić information content (AvgIpc) is 3.26. The highest BCUT2D eigenvalue weighted by molar-refractivity contribution is 5.94. The van der Waals surface area contributed by atoms with Gasteiger partial charge < -0.3 is 9.80 Å². The molecule has 0 spiro atoms. The summed E-state index contributed by atoms with van der Waals surface area (Å²) in [6, 6.07) is 3.20. The summed E-state index contributed by atoms with van der Waals surface area (Å²) in [5.74, 6) is 0.0198. The van der Waals surface area contributed by atoms with Gasteiger partial charge in [-0.1, -0.05) is 6.42 Å². The summed E-state index contributed by atoms with van der Waals surface area (Å²) in [7, 11) is 0. The molecule has 2 bridgehead atoms. The molecule has 2 saturated carbocycles. The molecule has 0 aromatic heterocycles. The van der Waals surface area contributed by atoms with Crippen molar-refractivity contribution in [3.63, 3.8) is 0 Å². The number of nitrogens with zero attached hydrogens (tertiary/aromatic N) is 2. The van der Waals surface area contributed by atoms with Crippen LogP contribution in [-0.4, -0.2) is 47.8 Å². The molecule has 140 valence electrons. The van der Waals surface area contributed by atoms with E-state index in [0.29, 0.717) is 38.5 Å². The highest BCUT2D eigenvalue weighted by Crippen LogP contribution is 2.49. The lowest BCUT2D eigenvalue weighted by Gasteiger charge is -2.36. The Kier molecular flexibility index (Phi) is 4.67. The van der Waals surface area contributed by atoms with Gasteiger partial charge in [0.2, 0.25) is 5.91 Å². The number of piperazine rings is 1. The standard InChI is InChI=1S/C20H24F2N2O2/c21-17-4-3-15(11-18(17)22)20(26)24-7-5-23(6-8-24)19(25)12-16-10-13-1-2-14(16)9-13/h3-4,11,13-14,16H,1-2,5-10,12H2.